The summed E-state index contributed by atoms with van der Waals surface area (Å²) in [5.74, 6) is -0.181. The molecule has 0 aliphatic carbocycles. The predicted molar refractivity (Wildman–Crippen MR) is 85.2 cm³/mol. The molecule has 7 nitrogen and oxygen atoms in total. The number of amides is 1. The minimum atomic E-state index is -0.591. The van der Waals surface area contributed by atoms with Gasteiger partial charge < -0.3 is 10.0 Å². The number of benzene rings is 1. The molecule has 2 atom stereocenters. The molecule has 1 aliphatic heterocycles. The van der Waals surface area contributed by atoms with E-state index in [9.17, 15) is 19.5 Å². The Hall–Kier alpha value is -2.41. The molecular formula is C16H19N3O4. The molecule has 1 aromatic heterocycles. The van der Waals surface area contributed by atoms with Crippen LogP contribution in [0.5, 0.6) is 0 Å². The lowest BCUT2D eigenvalue weighted by Crippen LogP contribution is -2.47. The van der Waals surface area contributed by atoms with Crippen LogP contribution in [0.15, 0.2) is 33.9 Å². The van der Waals surface area contributed by atoms with Gasteiger partial charge in [0.25, 0.3) is 5.56 Å². The lowest BCUT2D eigenvalue weighted by Gasteiger charge is -2.34. The SMILES string of the molecule is CC1CN(C(=O)Cn2c(=O)[nH]c(=O)c3ccccc32)CCC1O. The second kappa shape index (κ2) is 6.00. The van der Waals surface area contributed by atoms with Crippen LogP contribution in [-0.2, 0) is 11.3 Å². The molecule has 2 heterocycles. The first kappa shape index (κ1) is 15.5. The molecule has 122 valence electrons. The number of fused-ring (bicyclic) bond motifs is 1. The third-order valence-corrected chi connectivity index (χ3v) is 4.41. The molecule has 0 radical (unpaired) electrons. The van der Waals surface area contributed by atoms with Crippen molar-refractivity contribution in [3.8, 4) is 0 Å². The van der Waals surface area contributed by atoms with Gasteiger partial charge in [-0.05, 0) is 24.5 Å². The van der Waals surface area contributed by atoms with Gasteiger partial charge in [-0.3, -0.25) is 19.1 Å². The zero-order valence-electron chi connectivity index (χ0n) is 12.9. The number of para-hydroxylation sites is 1. The topological polar surface area (TPSA) is 95.4 Å². The Bertz CT molecular complexity index is 854. The Morgan fingerprint density at radius 3 is 2.83 bits per heavy atom. The minimum absolute atomic E-state index is 0.0109. The normalized spacial score (nSPS) is 21.6. The highest BCUT2D eigenvalue weighted by molar-refractivity contribution is 5.81. The van der Waals surface area contributed by atoms with Gasteiger partial charge >= 0.3 is 5.69 Å². The first-order valence-corrected chi connectivity index (χ1v) is 7.65. The second-order valence-electron chi connectivity index (χ2n) is 6.04. The highest BCUT2D eigenvalue weighted by Gasteiger charge is 2.27. The van der Waals surface area contributed by atoms with Crippen LogP contribution in [0.3, 0.4) is 0 Å². The Kier molecular flexibility index (Phi) is 4.04. The van der Waals surface area contributed by atoms with Crippen LogP contribution in [-0.4, -0.2) is 44.7 Å². The van der Waals surface area contributed by atoms with Crippen LogP contribution in [0, 0.1) is 5.92 Å². The molecule has 3 rings (SSSR count). The maximum atomic E-state index is 12.5. The zero-order chi connectivity index (χ0) is 16.6. The van der Waals surface area contributed by atoms with E-state index >= 15 is 0 Å². The van der Waals surface area contributed by atoms with E-state index in [0.717, 1.165) is 0 Å². The van der Waals surface area contributed by atoms with Crippen LogP contribution in [0.1, 0.15) is 13.3 Å². The molecular weight excluding hydrogens is 298 g/mol. The van der Waals surface area contributed by atoms with Crippen molar-refractivity contribution in [2.45, 2.75) is 26.0 Å². The van der Waals surface area contributed by atoms with Gasteiger partial charge in [0, 0.05) is 13.1 Å². The smallest absolute Gasteiger partial charge is 0.329 e. The number of nitrogens with zero attached hydrogens (tertiary/aromatic N) is 2. The first-order valence-electron chi connectivity index (χ1n) is 7.65. The molecule has 1 aliphatic rings. The summed E-state index contributed by atoms with van der Waals surface area (Å²) in [6.45, 7) is 2.71. The second-order valence-corrected chi connectivity index (χ2v) is 6.04. The first-order chi connectivity index (χ1) is 11.0. The van der Waals surface area contributed by atoms with Crippen molar-refractivity contribution in [1.29, 1.82) is 0 Å². The van der Waals surface area contributed by atoms with Crippen LogP contribution >= 0.6 is 0 Å². The fourth-order valence-electron chi connectivity index (χ4n) is 2.99. The molecule has 0 saturated carbocycles. The zero-order valence-corrected chi connectivity index (χ0v) is 12.9. The fraction of sp³-hybridized carbons (Fsp3) is 0.438. The largest absolute Gasteiger partial charge is 0.393 e. The quantitative estimate of drug-likeness (QED) is 0.810. The number of aromatic amines is 1. The van der Waals surface area contributed by atoms with E-state index in [2.05, 4.69) is 4.98 Å². The van der Waals surface area contributed by atoms with Gasteiger partial charge in [-0.25, -0.2) is 4.79 Å². The molecule has 0 bridgehead atoms. The minimum Gasteiger partial charge on any atom is -0.393 e. The average Bonchev–Trinajstić information content (AvgIpc) is 2.54. The number of nitrogens with one attached hydrogen (secondary N) is 1. The van der Waals surface area contributed by atoms with E-state index in [-0.39, 0.29) is 18.4 Å². The number of hydrogen-bond acceptors (Lipinski definition) is 4. The lowest BCUT2D eigenvalue weighted by molar-refractivity contribution is -0.135. The third-order valence-electron chi connectivity index (χ3n) is 4.41. The summed E-state index contributed by atoms with van der Waals surface area (Å²) in [5.41, 5.74) is -0.601. The molecule has 0 spiro atoms. The number of piperidine rings is 1. The van der Waals surface area contributed by atoms with Crippen molar-refractivity contribution < 1.29 is 9.90 Å². The number of aromatic nitrogens is 2. The van der Waals surface area contributed by atoms with E-state index in [1.807, 2.05) is 6.92 Å². The number of aliphatic hydroxyl groups excluding tert-OH is 1. The van der Waals surface area contributed by atoms with Gasteiger partial charge in [0.1, 0.15) is 6.54 Å². The van der Waals surface area contributed by atoms with Crippen LogP contribution in [0.25, 0.3) is 10.9 Å². The Morgan fingerprint density at radius 1 is 1.35 bits per heavy atom. The number of rotatable bonds is 2. The molecule has 1 saturated heterocycles. The highest BCUT2D eigenvalue weighted by atomic mass is 16.3. The van der Waals surface area contributed by atoms with Crippen LogP contribution in [0.4, 0.5) is 0 Å². The van der Waals surface area contributed by atoms with Crippen molar-refractivity contribution in [3.05, 3.63) is 45.1 Å². The predicted octanol–water partition coefficient (Wildman–Crippen LogP) is -0.0809. The maximum absolute atomic E-state index is 12.5. The summed E-state index contributed by atoms with van der Waals surface area (Å²) in [6, 6.07) is 6.71. The van der Waals surface area contributed by atoms with Crippen molar-refractivity contribution in [2.24, 2.45) is 5.92 Å². The summed E-state index contributed by atoms with van der Waals surface area (Å²) in [5, 5.41) is 10.1. The van der Waals surface area contributed by atoms with E-state index in [1.54, 1.807) is 29.2 Å². The molecule has 23 heavy (non-hydrogen) atoms. The van der Waals surface area contributed by atoms with Crippen LogP contribution < -0.4 is 11.2 Å². The molecule has 2 unspecified atom stereocenters. The molecule has 2 N–H and O–H groups in total. The summed E-state index contributed by atoms with van der Waals surface area (Å²) in [6.07, 6.45) is 0.143. The Balaban J connectivity index is 1.91. The van der Waals surface area contributed by atoms with E-state index in [1.165, 1.54) is 4.57 Å². The standard InChI is InChI=1S/C16H19N3O4/c1-10-8-18(7-6-13(10)20)14(21)9-19-12-5-3-2-4-11(12)15(22)17-16(19)23/h2-5,10,13,20H,6-9H2,1H3,(H,17,22,23). The summed E-state index contributed by atoms with van der Waals surface area (Å²) in [4.78, 5) is 40.3. The molecule has 7 heteroatoms. The lowest BCUT2D eigenvalue weighted by atomic mass is 9.97. The number of hydrogen-bond donors (Lipinski definition) is 2. The highest BCUT2D eigenvalue weighted by Crippen LogP contribution is 2.17. The van der Waals surface area contributed by atoms with Crippen molar-refractivity contribution >= 4 is 16.8 Å². The third kappa shape index (κ3) is 2.92. The van der Waals surface area contributed by atoms with Crippen LogP contribution in [0.2, 0.25) is 0 Å². The summed E-state index contributed by atoms with van der Waals surface area (Å²) >= 11 is 0. The maximum Gasteiger partial charge on any atom is 0.329 e. The summed E-state index contributed by atoms with van der Waals surface area (Å²) < 4.78 is 1.29. The van der Waals surface area contributed by atoms with E-state index in [4.69, 9.17) is 0 Å². The average molecular weight is 317 g/mol. The van der Waals surface area contributed by atoms with E-state index < -0.39 is 17.4 Å². The Labute approximate surface area is 132 Å². The number of H-pyrrole nitrogens is 1. The van der Waals surface area contributed by atoms with Crippen molar-refractivity contribution in [2.75, 3.05) is 13.1 Å². The monoisotopic (exact) mass is 317 g/mol. The van der Waals surface area contributed by atoms with Gasteiger partial charge in [0.15, 0.2) is 0 Å². The molecule has 1 aromatic carbocycles. The summed E-state index contributed by atoms with van der Waals surface area (Å²) in [7, 11) is 0. The van der Waals surface area contributed by atoms with Gasteiger partial charge in [-0.15, -0.1) is 0 Å². The number of aliphatic hydroxyl groups is 1. The Morgan fingerprint density at radius 2 is 2.09 bits per heavy atom. The van der Waals surface area contributed by atoms with Gasteiger partial charge in [0.05, 0.1) is 17.0 Å². The van der Waals surface area contributed by atoms with Crippen molar-refractivity contribution in [3.63, 3.8) is 0 Å². The van der Waals surface area contributed by atoms with Gasteiger partial charge in [0.2, 0.25) is 5.91 Å². The molecule has 1 amide bonds. The fourth-order valence-corrected chi connectivity index (χ4v) is 2.99. The molecule has 1 fully saturated rings. The number of likely N-dealkylation sites (tertiary alicyclic amines) is 1. The molecule has 2 aromatic rings. The van der Waals surface area contributed by atoms with E-state index in [0.29, 0.717) is 30.4 Å². The number of carbonyl (C=O) groups excluding carboxylic acids is 1. The van der Waals surface area contributed by atoms with Gasteiger partial charge in [-0.1, -0.05) is 19.1 Å². The number of carbonyl (C=O) groups is 1. The van der Waals surface area contributed by atoms with Crippen molar-refractivity contribution in [1.82, 2.24) is 14.5 Å². The van der Waals surface area contributed by atoms with Gasteiger partial charge in [-0.2, -0.15) is 0 Å².